The van der Waals surface area contributed by atoms with Gasteiger partial charge in [-0.25, -0.2) is 4.98 Å². The van der Waals surface area contributed by atoms with Crippen molar-refractivity contribution in [1.82, 2.24) is 9.88 Å². The maximum atomic E-state index is 12.2. The van der Waals surface area contributed by atoms with Crippen LogP contribution in [0.25, 0.3) is 0 Å². The molecule has 18 heavy (non-hydrogen) atoms. The second-order valence-corrected chi connectivity index (χ2v) is 3.68. The highest BCUT2D eigenvalue weighted by atomic mass is 16.5. The minimum Gasteiger partial charge on any atom is -0.480 e. The molecule has 0 saturated carbocycles. The molecule has 7 nitrogen and oxygen atoms in total. The first-order valence-corrected chi connectivity index (χ1v) is 5.26. The topological polar surface area (TPSA) is 101 Å². The lowest BCUT2D eigenvalue weighted by Crippen LogP contribution is -2.43. The molecule has 1 heterocycles. The maximum absolute atomic E-state index is 12.2. The highest BCUT2D eigenvalue weighted by Gasteiger charge is 2.23. The molecule has 1 amide bonds. The van der Waals surface area contributed by atoms with E-state index in [1.807, 2.05) is 0 Å². The Morgan fingerprint density at radius 2 is 2.33 bits per heavy atom. The zero-order chi connectivity index (χ0) is 13.7. The lowest BCUT2D eigenvalue weighted by molar-refractivity contribution is 0.0772. The summed E-state index contributed by atoms with van der Waals surface area (Å²) in [4.78, 5) is 17.5. The molecule has 1 rings (SSSR count). The van der Waals surface area contributed by atoms with Gasteiger partial charge in [0.05, 0.1) is 13.2 Å². The van der Waals surface area contributed by atoms with Crippen LogP contribution in [0.1, 0.15) is 17.3 Å². The van der Waals surface area contributed by atoms with Gasteiger partial charge in [-0.1, -0.05) is 5.16 Å². The van der Waals surface area contributed by atoms with Crippen LogP contribution in [0.4, 0.5) is 0 Å². The molecule has 0 spiro atoms. The number of hydrogen-bond acceptors (Lipinski definition) is 5. The van der Waals surface area contributed by atoms with Gasteiger partial charge in [0.1, 0.15) is 5.56 Å². The van der Waals surface area contributed by atoms with Crippen LogP contribution in [0.15, 0.2) is 23.5 Å². The number of carbonyl (C=O) groups excluding carboxylic acids is 1. The van der Waals surface area contributed by atoms with Gasteiger partial charge in [0.15, 0.2) is 5.84 Å². The standard InChI is InChI=1S/C11H16N4O3/c1-7(9(12)14-17)15(2)11(16)8-5-4-6-13-10(8)18-3/h4-7,17H,1-3H3,(H2,12,14). The van der Waals surface area contributed by atoms with E-state index in [2.05, 4.69) is 10.1 Å². The molecule has 1 unspecified atom stereocenters. The summed E-state index contributed by atoms with van der Waals surface area (Å²) >= 11 is 0. The van der Waals surface area contributed by atoms with E-state index in [1.54, 1.807) is 26.1 Å². The van der Waals surface area contributed by atoms with Crippen LogP contribution >= 0.6 is 0 Å². The number of hydrogen-bond donors (Lipinski definition) is 2. The first-order valence-electron chi connectivity index (χ1n) is 5.26. The summed E-state index contributed by atoms with van der Waals surface area (Å²) in [6.45, 7) is 1.65. The zero-order valence-electron chi connectivity index (χ0n) is 10.5. The normalized spacial score (nSPS) is 12.9. The average Bonchev–Trinajstić information content (AvgIpc) is 2.43. The van der Waals surface area contributed by atoms with E-state index in [-0.39, 0.29) is 17.6 Å². The van der Waals surface area contributed by atoms with Crippen LogP contribution in [0.3, 0.4) is 0 Å². The first-order chi connectivity index (χ1) is 8.52. The number of amidine groups is 1. The molecule has 0 bridgehead atoms. The van der Waals surface area contributed by atoms with Crippen molar-refractivity contribution >= 4 is 11.7 Å². The summed E-state index contributed by atoms with van der Waals surface area (Å²) in [5, 5.41) is 11.5. The number of methoxy groups -OCH3 is 1. The number of pyridine rings is 1. The Bertz CT molecular complexity index is 461. The lowest BCUT2D eigenvalue weighted by Gasteiger charge is -2.24. The van der Waals surface area contributed by atoms with Crippen molar-refractivity contribution in [3.05, 3.63) is 23.9 Å². The number of ether oxygens (including phenoxy) is 1. The van der Waals surface area contributed by atoms with E-state index < -0.39 is 6.04 Å². The van der Waals surface area contributed by atoms with Crippen molar-refractivity contribution < 1.29 is 14.7 Å². The summed E-state index contributed by atoms with van der Waals surface area (Å²) < 4.78 is 5.01. The van der Waals surface area contributed by atoms with Crippen molar-refractivity contribution in [2.45, 2.75) is 13.0 Å². The van der Waals surface area contributed by atoms with E-state index in [0.29, 0.717) is 5.56 Å². The monoisotopic (exact) mass is 252 g/mol. The van der Waals surface area contributed by atoms with Crippen LogP contribution < -0.4 is 10.5 Å². The van der Waals surface area contributed by atoms with Crippen molar-refractivity contribution in [1.29, 1.82) is 0 Å². The molecule has 1 aromatic rings. The number of carbonyl (C=O) groups is 1. The van der Waals surface area contributed by atoms with E-state index in [9.17, 15) is 4.79 Å². The van der Waals surface area contributed by atoms with Gasteiger partial charge in [0, 0.05) is 13.2 Å². The van der Waals surface area contributed by atoms with Gasteiger partial charge in [0.25, 0.3) is 5.91 Å². The predicted octanol–water partition coefficient (Wildman–Crippen LogP) is 0.297. The number of nitrogens with zero attached hydrogens (tertiary/aromatic N) is 3. The largest absolute Gasteiger partial charge is 0.480 e. The number of rotatable bonds is 4. The fourth-order valence-electron chi connectivity index (χ4n) is 1.36. The Hall–Kier alpha value is -2.31. The predicted molar refractivity (Wildman–Crippen MR) is 65.8 cm³/mol. The molecule has 98 valence electrons. The molecule has 0 saturated heterocycles. The molecule has 0 aliphatic rings. The molecule has 7 heteroatoms. The van der Waals surface area contributed by atoms with Crippen molar-refractivity contribution in [2.24, 2.45) is 10.9 Å². The van der Waals surface area contributed by atoms with E-state index in [4.69, 9.17) is 15.7 Å². The molecule has 0 radical (unpaired) electrons. The minimum absolute atomic E-state index is 0.0475. The van der Waals surface area contributed by atoms with Crippen LogP contribution in [0.5, 0.6) is 5.88 Å². The van der Waals surface area contributed by atoms with Crippen LogP contribution in [0.2, 0.25) is 0 Å². The third-order valence-electron chi connectivity index (χ3n) is 2.64. The fourth-order valence-corrected chi connectivity index (χ4v) is 1.36. The van der Waals surface area contributed by atoms with E-state index >= 15 is 0 Å². The van der Waals surface area contributed by atoms with E-state index in [0.717, 1.165) is 0 Å². The quantitative estimate of drug-likeness (QED) is 0.347. The Morgan fingerprint density at radius 3 is 2.89 bits per heavy atom. The molecule has 0 aliphatic heterocycles. The van der Waals surface area contributed by atoms with Crippen molar-refractivity contribution in [2.75, 3.05) is 14.2 Å². The highest BCUT2D eigenvalue weighted by molar-refractivity contribution is 5.99. The van der Waals surface area contributed by atoms with Gasteiger partial charge in [0.2, 0.25) is 5.88 Å². The molecule has 0 aliphatic carbocycles. The van der Waals surface area contributed by atoms with Crippen LogP contribution in [-0.2, 0) is 0 Å². The Balaban J connectivity index is 3.00. The fraction of sp³-hybridized carbons (Fsp3) is 0.364. The van der Waals surface area contributed by atoms with Gasteiger partial charge >= 0.3 is 0 Å². The first kappa shape index (κ1) is 13.8. The molecular weight excluding hydrogens is 236 g/mol. The number of nitrogens with two attached hydrogens (primary N) is 1. The second kappa shape index (κ2) is 5.85. The lowest BCUT2D eigenvalue weighted by atomic mass is 10.2. The Labute approximate surface area is 105 Å². The van der Waals surface area contributed by atoms with Crippen LogP contribution in [0, 0.1) is 0 Å². The van der Waals surface area contributed by atoms with Crippen molar-refractivity contribution in [3.8, 4) is 5.88 Å². The van der Waals surface area contributed by atoms with Gasteiger partial charge in [-0.05, 0) is 19.1 Å². The summed E-state index contributed by atoms with van der Waals surface area (Å²) in [6, 6.07) is 2.70. The summed E-state index contributed by atoms with van der Waals surface area (Å²) in [7, 11) is 2.99. The highest BCUT2D eigenvalue weighted by Crippen LogP contribution is 2.16. The van der Waals surface area contributed by atoms with Gasteiger partial charge in [-0.2, -0.15) is 0 Å². The van der Waals surface area contributed by atoms with Gasteiger partial charge in [-0.3, -0.25) is 4.79 Å². The SMILES string of the molecule is COc1ncccc1C(=O)N(C)C(C)C(N)=NO. The minimum atomic E-state index is -0.535. The molecule has 0 fully saturated rings. The smallest absolute Gasteiger partial charge is 0.259 e. The van der Waals surface area contributed by atoms with E-state index in [1.165, 1.54) is 18.2 Å². The third kappa shape index (κ3) is 2.68. The Morgan fingerprint density at radius 1 is 1.67 bits per heavy atom. The molecular formula is C11H16N4O3. The zero-order valence-corrected chi connectivity index (χ0v) is 10.5. The van der Waals surface area contributed by atoms with Crippen molar-refractivity contribution in [3.63, 3.8) is 0 Å². The number of amides is 1. The second-order valence-electron chi connectivity index (χ2n) is 3.68. The van der Waals surface area contributed by atoms with Gasteiger partial charge in [-0.15, -0.1) is 0 Å². The number of likely N-dealkylation sites (N-methyl/N-ethyl adjacent to an activating group) is 1. The number of aromatic nitrogens is 1. The van der Waals surface area contributed by atoms with Crippen LogP contribution in [-0.4, -0.2) is 47.0 Å². The third-order valence-corrected chi connectivity index (χ3v) is 2.64. The molecule has 0 aromatic carbocycles. The Kier molecular flexibility index (Phi) is 4.47. The number of oxime groups is 1. The molecule has 1 aromatic heterocycles. The average molecular weight is 252 g/mol. The molecule has 1 atom stereocenters. The summed E-state index contributed by atoms with van der Waals surface area (Å²) in [5.41, 5.74) is 5.78. The summed E-state index contributed by atoms with van der Waals surface area (Å²) in [5.74, 6) is -0.131. The summed E-state index contributed by atoms with van der Waals surface area (Å²) in [6.07, 6.45) is 1.53. The molecule has 3 N–H and O–H groups in total. The van der Waals surface area contributed by atoms with Gasteiger partial charge < -0.3 is 20.6 Å². The maximum Gasteiger partial charge on any atom is 0.259 e.